The molecular formula is C23H23N5O2. The summed E-state index contributed by atoms with van der Waals surface area (Å²) in [5.41, 5.74) is 3.54. The van der Waals surface area contributed by atoms with Crippen LogP contribution in [0.15, 0.2) is 54.9 Å². The van der Waals surface area contributed by atoms with E-state index < -0.39 is 0 Å². The van der Waals surface area contributed by atoms with Crippen molar-refractivity contribution in [2.24, 2.45) is 0 Å². The number of aromatic nitrogens is 4. The number of ether oxygens (including phenoxy) is 1. The van der Waals surface area contributed by atoms with E-state index in [1.54, 1.807) is 19.5 Å². The van der Waals surface area contributed by atoms with Crippen LogP contribution in [-0.2, 0) is 6.42 Å². The molecule has 0 unspecified atom stereocenters. The number of hydrogen-bond acceptors (Lipinski definition) is 5. The average Bonchev–Trinajstić information content (AvgIpc) is 3.09. The van der Waals surface area contributed by atoms with Gasteiger partial charge in [-0.05, 0) is 43.2 Å². The van der Waals surface area contributed by atoms with Crippen LogP contribution in [0.2, 0.25) is 0 Å². The van der Waals surface area contributed by atoms with Crippen LogP contribution in [0.25, 0.3) is 16.9 Å². The smallest absolute Gasteiger partial charge is 0.256 e. The highest BCUT2D eigenvalue weighted by Crippen LogP contribution is 2.24. The number of carbonyl (C=O) groups is 1. The Morgan fingerprint density at radius 3 is 2.57 bits per heavy atom. The Bertz CT molecular complexity index is 1180. The maximum absolute atomic E-state index is 12.5. The number of fused-ring (bicyclic) bond motifs is 1. The predicted octanol–water partition coefficient (Wildman–Crippen LogP) is 4.34. The third kappa shape index (κ3) is 3.87. The Morgan fingerprint density at radius 1 is 1.10 bits per heavy atom. The van der Waals surface area contributed by atoms with E-state index in [0.717, 1.165) is 35.4 Å². The molecule has 0 bridgehead atoms. The third-order valence-corrected chi connectivity index (χ3v) is 4.89. The van der Waals surface area contributed by atoms with Gasteiger partial charge < -0.3 is 10.1 Å². The van der Waals surface area contributed by atoms with Crippen molar-refractivity contribution in [1.82, 2.24) is 19.5 Å². The molecule has 4 rings (SSSR count). The summed E-state index contributed by atoms with van der Waals surface area (Å²) in [6.07, 6.45) is 5.25. The van der Waals surface area contributed by atoms with Crippen molar-refractivity contribution in [1.29, 1.82) is 0 Å². The molecule has 4 aromatic rings. The fourth-order valence-corrected chi connectivity index (χ4v) is 3.40. The molecule has 7 heteroatoms. The van der Waals surface area contributed by atoms with E-state index in [-0.39, 0.29) is 5.91 Å². The molecular weight excluding hydrogens is 378 g/mol. The van der Waals surface area contributed by atoms with Crippen LogP contribution in [0.3, 0.4) is 0 Å². The lowest BCUT2D eigenvalue weighted by atomic mass is 10.1. The molecule has 1 amide bonds. The molecule has 0 saturated carbocycles. The summed E-state index contributed by atoms with van der Waals surface area (Å²) in [6.45, 7) is 4.04. The minimum absolute atomic E-state index is 0.212. The molecule has 0 spiro atoms. The number of aryl methyl sites for hydroxylation is 2. The number of carbonyl (C=O) groups excluding carboxylic acids is 1. The molecule has 0 fully saturated rings. The second-order valence-corrected chi connectivity index (χ2v) is 7.01. The molecule has 0 saturated heterocycles. The summed E-state index contributed by atoms with van der Waals surface area (Å²) < 4.78 is 7.18. The van der Waals surface area contributed by atoms with Crippen molar-refractivity contribution in [2.45, 2.75) is 26.7 Å². The SMILES string of the molecule is CCCc1ccc(C(=O)Nc2cnc(-n3c(C)nc4cc(OC)ccc43)cn2)cc1. The number of nitrogens with zero attached hydrogens (tertiary/aromatic N) is 4. The van der Waals surface area contributed by atoms with Gasteiger partial charge in [0.1, 0.15) is 11.6 Å². The summed E-state index contributed by atoms with van der Waals surface area (Å²) >= 11 is 0. The zero-order valence-electron chi connectivity index (χ0n) is 17.2. The molecule has 7 nitrogen and oxygen atoms in total. The van der Waals surface area contributed by atoms with Crippen LogP contribution in [0.5, 0.6) is 5.75 Å². The van der Waals surface area contributed by atoms with Gasteiger partial charge in [-0.25, -0.2) is 15.0 Å². The molecule has 30 heavy (non-hydrogen) atoms. The quantitative estimate of drug-likeness (QED) is 0.520. The van der Waals surface area contributed by atoms with Gasteiger partial charge in [-0.2, -0.15) is 0 Å². The minimum Gasteiger partial charge on any atom is -0.497 e. The Kier molecular flexibility index (Phi) is 5.43. The molecule has 0 radical (unpaired) electrons. The molecule has 0 aliphatic rings. The highest BCUT2D eigenvalue weighted by atomic mass is 16.5. The molecule has 0 aliphatic heterocycles. The monoisotopic (exact) mass is 401 g/mol. The van der Waals surface area contributed by atoms with Crippen molar-refractivity contribution in [3.8, 4) is 11.6 Å². The first-order valence-electron chi connectivity index (χ1n) is 9.85. The average molecular weight is 401 g/mol. The van der Waals surface area contributed by atoms with Crippen LogP contribution in [0, 0.1) is 6.92 Å². The lowest BCUT2D eigenvalue weighted by Gasteiger charge is -2.08. The Labute approximate surface area is 174 Å². The lowest BCUT2D eigenvalue weighted by Crippen LogP contribution is -2.13. The first kappa shape index (κ1) is 19.6. The number of rotatable bonds is 6. The summed E-state index contributed by atoms with van der Waals surface area (Å²) in [7, 11) is 1.63. The van der Waals surface area contributed by atoms with Crippen LogP contribution in [-0.4, -0.2) is 32.5 Å². The van der Waals surface area contributed by atoms with E-state index >= 15 is 0 Å². The third-order valence-electron chi connectivity index (χ3n) is 4.89. The Balaban J connectivity index is 1.54. The second kappa shape index (κ2) is 8.32. The minimum atomic E-state index is -0.212. The summed E-state index contributed by atoms with van der Waals surface area (Å²) in [6, 6.07) is 13.3. The zero-order chi connectivity index (χ0) is 21.1. The normalized spacial score (nSPS) is 10.9. The van der Waals surface area contributed by atoms with E-state index in [0.29, 0.717) is 17.2 Å². The number of benzene rings is 2. The van der Waals surface area contributed by atoms with Crippen molar-refractivity contribution < 1.29 is 9.53 Å². The largest absolute Gasteiger partial charge is 0.497 e. The highest BCUT2D eigenvalue weighted by molar-refractivity contribution is 6.03. The van der Waals surface area contributed by atoms with Gasteiger partial charge in [-0.1, -0.05) is 25.5 Å². The molecule has 2 heterocycles. The summed E-state index contributed by atoms with van der Waals surface area (Å²) in [5, 5.41) is 2.80. The molecule has 152 valence electrons. The topological polar surface area (TPSA) is 81.9 Å². The van der Waals surface area contributed by atoms with Gasteiger partial charge >= 0.3 is 0 Å². The summed E-state index contributed by atoms with van der Waals surface area (Å²) in [5.74, 6) is 2.35. The lowest BCUT2D eigenvalue weighted by molar-refractivity contribution is 0.102. The number of methoxy groups -OCH3 is 1. The first-order valence-corrected chi connectivity index (χ1v) is 9.85. The van der Waals surface area contributed by atoms with Gasteiger partial charge in [-0.15, -0.1) is 0 Å². The van der Waals surface area contributed by atoms with Gasteiger partial charge in [0, 0.05) is 11.6 Å². The van der Waals surface area contributed by atoms with Crippen LogP contribution < -0.4 is 10.1 Å². The van der Waals surface area contributed by atoms with Crippen molar-refractivity contribution in [2.75, 3.05) is 12.4 Å². The van der Waals surface area contributed by atoms with Gasteiger partial charge in [0.2, 0.25) is 0 Å². The maximum Gasteiger partial charge on any atom is 0.256 e. The zero-order valence-corrected chi connectivity index (χ0v) is 17.2. The molecule has 2 aromatic heterocycles. The Hall–Kier alpha value is -3.74. The fraction of sp³-hybridized carbons (Fsp3) is 0.217. The van der Waals surface area contributed by atoms with Crippen LogP contribution in [0.1, 0.15) is 35.1 Å². The number of nitrogens with one attached hydrogen (secondary N) is 1. The van der Waals surface area contributed by atoms with Gasteiger partial charge in [0.25, 0.3) is 5.91 Å². The number of amides is 1. The first-order chi connectivity index (χ1) is 14.6. The van der Waals surface area contributed by atoms with E-state index in [1.807, 2.05) is 54.0 Å². The molecule has 0 aliphatic carbocycles. The number of anilines is 1. The van der Waals surface area contributed by atoms with E-state index in [2.05, 4.69) is 27.2 Å². The van der Waals surface area contributed by atoms with E-state index in [4.69, 9.17) is 4.74 Å². The number of imidazole rings is 1. The number of hydrogen-bond donors (Lipinski definition) is 1. The Morgan fingerprint density at radius 2 is 1.90 bits per heavy atom. The van der Waals surface area contributed by atoms with Crippen LogP contribution in [0.4, 0.5) is 5.82 Å². The maximum atomic E-state index is 12.5. The van der Waals surface area contributed by atoms with Gasteiger partial charge in [0.05, 0.1) is 30.5 Å². The molecule has 1 N–H and O–H groups in total. The van der Waals surface area contributed by atoms with Crippen molar-refractivity contribution in [3.05, 3.63) is 71.8 Å². The molecule has 2 aromatic carbocycles. The van der Waals surface area contributed by atoms with Crippen molar-refractivity contribution >= 4 is 22.8 Å². The highest BCUT2D eigenvalue weighted by Gasteiger charge is 2.13. The fourth-order valence-electron chi connectivity index (χ4n) is 3.40. The summed E-state index contributed by atoms with van der Waals surface area (Å²) in [4.78, 5) is 25.9. The molecule has 0 atom stereocenters. The van der Waals surface area contributed by atoms with E-state index in [9.17, 15) is 4.79 Å². The van der Waals surface area contributed by atoms with Gasteiger partial charge in [0.15, 0.2) is 11.6 Å². The second-order valence-electron chi connectivity index (χ2n) is 7.01. The standard InChI is InChI=1S/C23H23N5O2/c1-4-5-16-6-8-17(9-7-16)23(29)27-21-13-25-22(14-24-21)28-15(2)26-19-12-18(30-3)10-11-20(19)28/h6-14H,4-5H2,1-3H3,(H,24,27,29). The van der Waals surface area contributed by atoms with Crippen molar-refractivity contribution in [3.63, 3.8) is 0 Å². The van der Waals surface area contributed by atoms with Crippen LogP contribution >= 0.6 is 0 Å². The van der Waals surface area contributed by atoms with Gasteiger partial charge in [-0.3, -0.25) is 9.36 Å². The predicted molar refractivity (Wildman–Crippen MR) is 116 cm³/mol. The van der Waals surface area contributed by atoms with E-state index in [1.165, 1.54) is 5.56 Å².